The molecule has 86 valence electrons. The van der Waals surface area contributed by atoms with Crippen molar-refractivity contribution in [1.29, 1.82) is 0 Å². The highest BCUT2D eigenvalue weighted by molar-refractivity contribution is 7.80. The predicted octanol–water partition coefficient (Wildman–Crippen LogP) is 3.45. The smallest absolute Gasteiger partial charge is 0.00387 e. The molecular formula is C12H27NS. The van der Waals surface area contributed by atoms with E-state index in [1.807, 2.05) is 0 Å². The first kappa shape index (κ1) is 14.3. The van der Waals surface area contributed by atoms with E-state index < -0.39 is 0 Å². The summed E-state index contributed by atoms with van der Waals surface area (Å²) in [5.74, 6) is 1.71. The van der Waals surface area contributed by atoms with Gasteiger partial charge in [0.25, 0.3) is 0 Å². The minimum absolute atomic E-state index is 0.675. The van der Waals surface area contributed by atoms with E-state index in [1.165, 1.54) is 32.4 Å². The van der Waals surface area contributed by atoms with Crippen LogP contribution in [0.1, 0.15) is 47.0 Å². The molecule has 0 saturated heterocycles. The van der Waals surface area contributed by atoms with Crippen LogP contribution in [-0.2, 0) is 0 Å². The molecule has 0 aromatic rings. The van der Waals surface area contributed by atoms with Gasteiger partial charge in [-0.1, -0.05) is 26.7 Å². The Bertz CT molecular complexity index is 125. The molecule has 1 nitrogen and oxygen atoms in total. The largest absolute Gasteiger partial charge is 0.301 e. The summed E-state index contributed by atoms with van der Waals surface area (Å²) in [6.07, 6.45) is 4.01. The zero-order valence-corrected chi connectivity index (χ0v) is 11.2. The number of hydrogen-bond acceptors (Lipinski definition) is 2. The molecular weight excluding hydrogens is 190 g/mol. The Morgan fingerprint density at radius 3 is 2.21 bits per heavy atom. The van der Waals surface area contributed by atoms with Crippen LogP contribution in [0.4, 0.5) is 0 Å². The maximum absolute atomic E-state index is 4.34. The van der Waals surface area contributed by atoms with Gasteiger partial charge in [0.05, 0.1) is 0 Å². The van der Waals surface area contributed by atoms with Crippen molar-refractivity contribution >= 4 is 12.6 Å². The fourth-order valence-corrected chi connectivity index (χ4v) is 1.70. The number of nitrogens with zero attached hydrogens (tertiary/aromatic N) is 1. The Morgan fingerprint density at radius 1 is 1.14 bits per heavy atom. The second kappa shape index (κ2) is 8.60. The van der Waals surface area contributed by atoms with E-state index in [4.69, 9.17) is 0 Å². The van der Waals surface area contributed by atoms with Gasteiger partial charge in [-0.05, 0) is 38.5 Å². The van der Waals surface area contributed by atoms with E-state index in [1.54, 1.807) is 0 Å². The molecule has 0 aliphatic rings. The van der Waals surface area contributed by atoms with Crippen molar-refractivity contribution in [3.63, 3.8) is 0 Å². The Kier molecular flexibility index (Phi) is 8.80. The first-order valence-corrected chi connectivity index (χ1v) is 6.59. The van der Waals surface area contributed by atoms with Gasteiger partial charge in [-0.15, -0.1) is 0 Å². The highest BCUT2D eigenvalue weighted by atomic mass is 32.1. The average Bonchev–Trinajstić information content (AvgIpc) is 2.16. The van der Waals surface area contributed by atoms with Crippen molar-refractivity contribution in [2.45, 2.75) is 53.0 Å². The quantitative estimate of drug-likeness (QED) is 0.481. The van der Waals surface area contributed by atoms with Gasteiger partial charge in [0, 0.05) is 12.6 Å². The summed E-state index contributed by atoms with van der Waals surface area (Å²) >= 11 is 4.34. The summed E-state index contributed by atoms with van der Waals surface area (Å²) in [7, 11) is 0. The second-order valence-corrected chi connectivity index (χ2v) is 4.95. The Labute approximate surface area is 95.7 Å². The van der Waals surface area contributed by atoms with Crippen molar-refractivity contribution in [2.24, 2.45) is 5.92 Å². The molecule has 0 saturated carbocycles. The van der Waals surface area contributed by atoms with Crippen molar-refractivity contribution in [1.82, 2.24) is 4.90 Å². The molecule has 0 aliphatic carbocycles. The molecule has 0 N–H and O–H groups in total. The minimum atomic E-state index is 0.675. The van der Waals surface area contributed by atoms with Crippen LogP contribution in [0, 0.1) is 5.92 Å². The van der Waals surface area contributed by atoms with Crippen molar-refractivity contribution in [3.8, 4) is 0 Å². The van der Waals surface area contributed by atoms with Crippen LogP contribution >= 0.6 is 12.6 Å². The Hall–Kier alpha value is 0.310. The van der Waals surface area contributed by atoms with Crippen molar-refractivity contribution in [2.75, 3.05) is 18.8 Å². The van der Waals surface area contributed by atoms with Crippen LogP contribution in [-0.4, -0.2) is 29.8 Å². The summed E-state index contributed by atoms with van der Waals surface area (Å²) in [5, 5.41) is 0. The van der Waals surface area contributed by atoms with Crippen LogP contribution < -0.4 is 0 Å². The van der Waals surface area contributed by atoms with Gasteiger partial charge in [0.2, 0.25) is 0 Å². The number of rotatable bonds is 8. The van der Waals surface area contributed by atoms with E-state index in [-0.39, 0.29) is 0 Å². The van der Waals surface area contributed by atoms with E-state index in [0.717, 1.165) is 5.75 Å². The highest BCUT2D eigenvalue weighted by Crippen LogP contribution is 2.08. The molecule has 1 atom stereocenters. The summed E-state index contributed by atoms with van der Waals surface area (Å²) in [5.41, 5.74) is 0. The molecule has 0 spiro atoms. The molecule has 2 heteroatoms. The normalized spacial score (nSPS) is 13.9. The lowest BCUT2D eigenvalue weighted by atomic mass is 10.1. The van der Waals surface area contributed by atoms with Gasteiger partial charge in [-0.25, -0.2) is 0 Å². The van der Waals surface area contributed by atoms with Crippen LogP contribution in [0.2, 0.25) is 0 Å². The SMILES string of the molecule is CCCCCN(CC(C)CS)C(C)C. The maximum Gasteiger partial charge on any atom is 0.00387 e. The van der Waals surface area contributed by atoms with Gasteiger partial charge < -0.3 is 4.90 Å². The topological polar surface area (TPSA) is 3.24 Å². The third kappa shape index (κ3) is 6.72. The molecule has 0 radical (unpaired) electrons. The molecule has 14 heavy (non-hydrogen) atoms. The lowest BCUT2D eigenvalue weighted by molar-refractivity contribution is 0.195. The standard InChI is InChI=1S/C12H27NS/c1-5-6-7-8-13(11(2)3)9-12(4)10-14/h11-12,14H,5-10H2,1-4H3. The summed E-state index contributed by atoms with van der Waals surface area (Å²) in [6, 6.07) is 0.675. The fourth-order valence-electron chi connectivity index (χ4n) is 1.58. The van der Waals surface area contributed by atoms with Gasteiger partial charge in [0.1, 0.15) is 0 Å². The minimum Gasteiger partial charge on any atom is -0.301 e. The lowest BCUT2D eigenvalue weighted by Gasteiger charge is -2.28. The van der Waals surface area contributed by atoms with Crippen LogP contribution in [0.5, 0.6) is 0 Å². The fraction of sp³-hybridized carbons (Fsp3) is 1.00. The van der Waals surface area contributed by atoms with Gasteiger partial charge in [-0.2, -0.15) is 12.6 Å². The van der Waals surface area contributed by atoms with Crippen LogP contribution in [0.25, 0.3) is 0 Å². The number of thiol groups is 1. The zero-order chi connectivity index (χ0) is 11.0. The monoisotopic (exact) mass is 217 g/mol. The molecule has 1 unspecified atom stereocenters. The molecule has 0 fully saturated rings. The zero-order valence-electron chi connectivity index (χ0n) is 10.3. The van der Waals surface area contributed by atoms with Crippen molar-refractivity contribution in [3.05, 3.63) is 0 Å². The number of unbranched alkanes of at least 4 members (excludes halogenated alkanes) is 2. The molecule has 0 heterocycles. The van der Waals surface area contributed by atoms with Crippen LogP contribution in [0.3, 0.4) is 0 Å². The Morgan fingerprint density at radius 2 is 1.79 bits per heavy atom. The highest BCUT2D eigenvalue weighted by Gasteiger charge is 2.11. The maximum atomic E-state index is 4.34. The lowest BCUT2D eigenvalue weighted by Crippen LogP contribution is -2.36. The summed E-state index contributed by atoms with van der Waals surface area (Å²) in [6.45, 7) is 11.6. The second-order valence-electron chi connectivity index (χ2n) is 4.58. The van der Waals surface area contributed by atoms with Crippen molar-refractivity contribution < 1.29 is 0 Å². The van der Waals surface area contributed by atoms with Crippen LogP contribution in [0.15, 0.2) is 0 Å². The average molecular weight is 217 g/mol. The molecule has 0 aromatic heterocycles. The van der Waals surface area contributed by atoms with E-state index >= 15 is 0 Å². The third-order valence-corrected chi connectivity index (χ3v) is 3.26. The molecule has 0 bridgehead atoms. The first-order valence-electron chi connectivity index (χ1n) is 5.96. The molecule has 0 amide bonds. The molecule has 0 rings (SSSR count). The first-order chi connectivity index (χ1) is 6.61. The van der Waals surface area contributed by atoms with Gasteiger partial charge in [0.15, 0.2) is 0 Å². The Balaban J connectivity index is 3.77. The molecule has 0 aliphatic heterocycles. The predicted molar refractivity (Wildman–Crippen MR) is 69.3 cm³/mol. The molecule has 0 aromatic carbocycles. The van der Waals surface area contributed by atoms with E-state index in [0.29, 0.717) is 12.0 Å². The van der Waals surface area contributed by atoms with E-state index in [2.05, 4.69) is 45.2 Å². The van der Waals surface area contributed by atoms with Gasteiger partial charge in [-0.3, -0.25) is 0 Å². The summed E-state index contributed by atoms with van der Waals surface area (Å²) in [4.78, 5) is 2.58. The summed E-state index contributed by atoms with van der Waals surface area (Å²) < 4.78 is 0. The number of hydrogen-bond donors (Lipinski definition) is 1. The van der Waals surface area contributed by atoms with Gasteiger partial charge >= 0.3 is 0 Å². The van der Waals surface area contributed by atoms with E-state index in [9.17, 15) is 0 Å². The third-order valence-electron chi connectivity index (χ3n) is 2.64.